The first-order valence-corrected chi connectivity index (χ1v) is 16.6. The summed E-state index contributed by atoms with van der Waals surface area (Å²) in [6, 6.07) is 10.6. The number of aliphatic hydroxyl groups is 5. The van der Waals surface area contributed by atoms with Gasteiger partial charge in [0.1, 0.15) is 18.3 Å². The second-order valence-electron chi connectivity index (χ2n) is 12.4. The standard InChI is InChI=1S/C35H56O9/c1-26(36)43-32(18-14-9-7-5-3-2-4-6-8-11-15-27-16-12-10-13-17-27)24-30(39)22-28(37)21-29(38)23-31(40)25-34-33(41)19-20-35(42)44-34/h10,12-13,16-17,19-20,28-34,37-41H,2-9,11,14-15,18,21-25H2,1H3. The van der Waals surface area contributed by atoms with Crippen molar-refractivity contribution in [3.05, 3.63) is 48.0 Å². The van der Waals surface area contributed by atoms with Gasteiger partial charge >= 0.3 is 11.9 Å². The minimum absolute atomic E-state index is 0.000915. The molecule has 0 spiro atoms. The van der Waals surface area contributed by atoms with Crippen LogP contribution in [0.1, 0.15) is 115 Å². The average Bonchev–Trinajstić information content (AvgIpc) is 2.95. The molecule has 9 heteroatoms. The number of carbonyl (C=O) groups excluding carboxylic acids is 2. The molecule has 0 aromatic heterocycles. The highest BCUT2D eigenvalue weighted by Gasteiger charge is 2.29. The van der Waals surface area contributed by atoms with Crippen LogP contribution in [0.2, 0.25) is 0 Å². The fraction of sp³-hybridized carbons (Fsp3) is 0.714. The summed E-state index contributed by atoms with van der Waals surface area (Å²) in [6.07, 6.45) is 9.70. The van der Waals surface area contributed by atoms with Gasteiger partial charge in [0, 0.05) is 25.8 Å². The van der Waals surface area contributed by atoms with Crippen LogP contribution in [-0.4, -0.2) is 80.2 Å². The van der Waals surface area contributed by atoms with E-state index in [0.717, 1.165) is 31.8 Å². The predicted octanol–water partition coefficient (Wildman–Crippen LogP) is 4.69. The Morgan fingerprint density at radius 3 is 1.89 bits per heavy atom. The van der Waals surface area contributed by atoms with E-state index in [1.165, 1.54) is 63.5 Å². The summed E-state index contributed by atoms with van der Waals surface area (Å²) < 4.78 is 10.4. The summed E-state index contributed by atoms with van der Waals surface area (Å²) in [4.78, 5) is 23.0. The van der Waals surface area contributed by atoms with Gasteiger partial charge in [0.15, 0.2) is 0 Å². The van der Waals surface area contributed by atoms with E-state index in [9.17, 15) is 35.1 Å². The zero-order valence-corrected chi connectivity index (χ0v) is 26.5. The summed E-state index contributed by atoms with van der Waals surface area (Å²) in [5, 5.41) is 51.4. The van der Waals surface area contributed by atoms with Crippen LogP contribution in [0.5, 0.6) is 0 Å². The van der Waals surface area contributed by atoms with Gasteiger partial charge in [0.2, 0.25) is 0 Å². The molecule has 7 atom stereocenters. The SMILES string of the molecule is CC(=O)OC(CCCCCCCCCCCCc1ccccc1)CC(O)CC(O)CC(O)CC(O)CC1OC(=O)C=CC1O. The Morgan fingerprint density at radius 1 is 0.773 bits per heavy atom. The van der Waals surface area contributed by atoms with Crippen molar-refractivity contribution in [3.8, 4) is 0 Å². The lowest BCUT2D eigenvalue weighted by atomic mass is 9.95. The lowest BCUT2D eigenvalue weighted by Gasteiger charge is -2.27. The van der Waals surface area contributed by atoms with Gasteiger partial charge in [-0.05, 0) is 56.6 Å². The number of hydrogen-bond donors (Lipinski definition) is 5. The van der Waals surface area contributed by atoms with Gasteiger partial charge in [-0.1, -0.05) is 81.7 Å². The number of hydrogen-bond acceptors (Lipinski definition) is 9. The number of unbranched alkanes of at least 4 members (excludes halogenated alkanes) is 9. The second-order valence-corrected chi connectivity index (χ2v) is 12.4. The van der Waals surface area contributed by atoms with E-state index in [1.54, 1.807) is 0 Å². The number of rotatable bonds is 24. The smallest absolute Gasteiger partial charge is 0.330 e. The third-order valence-corrected chi connectivity index (χ3v) is 8.17. The topological polar surface area (TPSA) is 154 Å². The van der Waals surface area contributed by atoms with Crippen molar-refractivity contribution in [2.24, 2.45) is 0 Å². The minimum atomic E-state index is -1.05. The van der Waals surface area contributed by atoms with Crippen LogP contribution in [-0.2, 0) is 25.5 Å². The Hall–Kier alpha value is -2.30. The number of esters is 2. The van der Waals surface area contributed by atoms with Crippen molar-refractivity contribution in [3.63, 3.8) is 0 Å². The molecule has 1 aromatic rings. The van der Waals surface area contributed by atoms with Crippen LogP contribution in [0, 0.1) is 0 Å². The number of carbonyl (C=O) groups is 2. The summed E-state index contributed by atoms with van der Waals surface area (Å²) in [6.45, 7) is 1.35. The molecule has 0 saturated heterocycles. The zero-order valence-electron chi connectivity index (χ0n) is 26.5. The molecule has 0 radical (unpaired) electrons. The monoisotopic (exact) mass is 620 g/mol. The first-order chi connectivity index (χ1) is 21.1. The van der Waals surface area contributed by atoms with Crippen LogP contribution in [0.3, 0.4) is 0 Å². The first kappa shape index (κ1) is 37.9. The zero-order chi connectivity index (χ0) is 32.2. The summed E-state index contributed by atoms with van der Waals surface area (Å²) in [5.74, 6) is -1.00. The second kappa shape index (κ2) is 22.2. The molecule has 1 aliphatic rings. The van der Waals surface area contributed by atoms with Gasteiger partial charge in [-0.2, -0.15) is 0 Å². The Morgan fingerprint density at radius 2 is 1.30 bits per heavy atom. The fourth-order valence-electron chi connectivity index (χ4n) is 5.87. The fourth-order valence-corrected chi connectivity index (χ4v) is 5.87. The molecule has 44 heavy (non-hydrogen) atoms. The Labute approximate surface area is 263 Å². The molecule has 9 nitrogen and oxygen atoms in total. The maximum absolute atomic E-state index is 11.6. The largest absolute Gasteiger partial charge is 0.462 e. The molecule has 1 aromatic carbocycles. The summed E-state index contributed by atoms with van der Waals surface area (Å²) in [7, 11) is 0. The van der Waals surface area contributed by atoms with E-state index >= 15 is 0 Å². The molecule has 1 heterocycles. The van der Waals surface area contributed by atoms with Crippen molar-refractivity contribution in [1.82, 2.24) is 0 Å². The number of benzene rings is 1. The molecule has 0 saturated carbocycles. The summed E-state index contributed by atoms with van der Waals surface area (Å²) in [5.41, 5.74) is 1.42. The van der Waals surface area contributed by atoms with Crippen LogP contribution in [0.25, 0.3) is 0 Å². The van der Waals surface area contributed by atoms with Crippen LogP contribution >= 0.6 is 0 Å². The molecular weight excluding hydrogens is 564 g/mol. The molecule has 1 aliphatic heterocycles. The molecule has 0 aliphatic carbocycles. The van der Waals surface area contributed by atoms with Crippen molar-refractivity contribution in [2.75, 3.05) is 0 Å². The molecule has 5 N–H and O–H groups in total. The van der Waals surface area contributed by atoms with Crippen molar-refractivity contribution >= 4 is 11.9 Å². The molecule has 7 unspecified atom stereocenters. The van der Waals surface area contributed by atoms with E-state index in [4.69, 9.17) is 9.47 Å². The van der Waals surface area contributed by atoms with Crippen LogP contribution in [0.4, 0.5) is 0 Å². The Balaban J connectivity index is 1.53. The maximum atomic E-state index is 11.6. The molecule has 0 amide bonds. The first-order valence-electron chi connectivity index (χ1n) is 16.6. The normalized spacial score (nSPS) is 20.0. The number of ether oxygens (including phenoxy) is 2. The molecule has 250 valence electrons. The highest BCUT2D eigenvalue weighted by atomic mass is 16.6. The minimum Gasteiger partial charge on any atom is -0.462 e. The van der Waals surface area contributed by atoms with E-state index in [1.807, 2.05) is 0 Å². The van der Waals surface area contributed by atoms with Gasteiger partial charge in [-0.3, -0.25) is 4.79 Å². The number of aliphatic hydroxyl groups excluding tert-OH is 5. The van der Waals surface area contributed by atoms with Gasteiger partial charge in [-0.25, -0.2) is 4.79 Å². The highest BCUT2D eigenvalue weighted by molar-refractivity contribution is 5.83. The molecular formula is C35H56O9. The Bertz CT molecular complexity index is 937. The van der Waals surface area contributed by atoms with E-state index in [0.29, 0.717) is 6.42 Å². The molecule has 0 bridgehead atoms. The molecule has 0 fully saturated rings. The van der Waals surface area contributed by atoms with Gasteiger partial charge in [-0.15, -0.1) is 0 Å². The maximum Gasteiger partial charge on any atom is 0.330 e. The molecule has 2 rings (SSSR count). The van der Waals surface area contributed by atoms with E-state index in [-0.39, 0.29) is 32.1 Å². The number of cyclic esters (lactones) is 1. The van der Waals surface area contributed by atoms with Crippen molar-refractivity contribution in [1.29, 1.82) is 0 Å². The van der Waals surface area contributed by atoms with Crippen molar-refractivity contribution < 1.29 is 44.6 Å². The third kappa shape index (κ3) is 17.9. The van der Waals surface area contributed by atoms with Gasteiger partial charge < -0.3 is 35.0 Å². The highest BCUT2D eigenvalue weighted by Crippen LogP contribution is 2.21. The average molecular weight is 621 g/mol. The van der Waals surface area contributed by atoms with Gasteiger partial charge in [0.25, 0.3) is 0 Å². The van der Waals surface area contributed by atoms with E-state index in [2.05, 4.69) is 30.3 Å². The van der Waals surface area contributed by atoms with Crippen LogP contribution in [0.15, 0.2) is 42.5 Å². The lowest BCUT2D eigenvalue weighted by Crippen LogP contribution is -2.37. The third-order valence-electron chi connectivity index (χ3n) is 8.17. The number of aryl methyl sites for hydroxylation is 1. The van der Waals surface area contributed by atoms with E-state index < -0.39 is 54.7 Å². The Kier molecular flexibility index (Phi) is 19.2. The predicted molar refractivity (Wildman–Crippen MR) is 169 cm³/mol. The van der Waals surface area contributed by atoms with Crippen molar-refractivity contribution in [2.45, 2.75) is 159 Å². The van der Waals surface area contributed by atoms with Crippen LogP contribution < -0.4 is 0 Å². The van der Waals surface area contributed by atoms with Gasteiger partial charge in [0.05, 0.1) is 24.4 Å². The summed E-state index contributed by atoms with van der Waals surface area (Å²) >= 11 is 0. The lowest BCUT2D eigenvalue weighted by molar-refractivity contribution is -0.152. The quantitative estimate of drug-likeness (QED) is 0.0818.